The van der Waals surface area contributed by atoms with Gasteiger partial charge < -0.3 is 29.5 Å². The summed E-state index contributed by atoms with van der Waals surface area (Å²) in [5.41, 5.74) is 4.37. The number of aliphatic hydroxyl groups excluding tert-OH is 1. The molecular weight excluding hydrogens is 480 g/mol. The number of para-hydroxylation sites is 1. The van der Waals surface area contributed by atoms with E-state index in [1.54, 1.807) is 16.8 Å². The topological polar surface area (TPSA) is 87.0 Å². The molecule has 0 spiro atoms. The van der Waals surface area contributed by atoms with Crippen LogP contribution >= 0.6 is 0 Å². The van der Waals surface area contributed by atoms with E-state index in [-0.39, 0.29) is 36.6 Å². The fraction of sp³-hybridized carbons (Fsp3) is 0.467. The summed E-state index contributed by atoms with van der Waals surface area (Å²) in [6.07, 6.45) is -0.329. The van der Waals surface area contributed by atoms with E-state index < -0.39 is 6.04 Å². The minimum Gasteiger partial charge on any atom is -0.394 e. The van der Waals surface area contributed by atoms with Gasteiger partial charge in [0.05, 0.1) is 25.4 Å². The molecule has 0 aliphatic carbocycles. The maximum absolute atomic E-state index is 14.3. The van der Waals surface area contributed by atoms with E-state index in [9.17, 15) is 14.7 Å². The number of benzene rings is 2. The van der Waals surface area contributed by atoms with Gasteiger partial charge in [0.25, 0.3) is 5.91 Å². The minimum atomic E-state index is -0.394. The zero-order valence-electron chi connectivity index (χ0n) is 23.3. The number of amides is 3. The standard InChI is InChI=1S/C30H40N4O4/c1-19(2)31-30(37)32(5)16-26-20(3)15-34(21(4)17-35)29(36)28-27(23-12-8-7-11-22(23)18-38-26)24-13-9-10-14-25(24)33(28)6/h7-14,19-21,26,35H,15-18H2,1-6H3,(H,31,37)/t20-,21+,26+/m1/s1. The molecule has 2 N–H and O–H groups in total. The Morgan fingerprint density at radius 3 is 2.55 bits per heavy atom. The third-order valence-electron chi connectivity index (χ3n) is 7.44. The number of ether oxygens (including phenoxy) is 1. The molecule has 8 nitrogen and oxygen atoms in total. The maximum Gasteiger partial charge on any atom is 0.317 e. The Bertz CT molecular complexity index is 1300. The predicted molar refractivity (Wildman–Crippen MR) is 150 cm³/mol. The molecule has 1 aliphatic heterocycles. The number of nitrogens with zero attached hydrogens (tertiary/aromatic N) is 3. The third kappa shape index (κ3) is 5.42. The van der Waals surface area contributed by atoms with Crippen LogP contribution in [-0.2, 0) is 18.4 Å². The molecule has 2 heterocycles. The Morgan fingerprint density at radius 1 is 1.16 bits per heavy atom. The molecule has 4 rings (SSSR count). The van der Waals surface area contributed by atoms with Crippen LogP contribution in [0.5, 0.6) is 0 Å². The summed E-state index contributed by atoms with van der Waals surface area (Å²) in [6.45, 7) is 8.68. The molecule has 0 saturated heterocycles. The number of hydrogen-bond acceptors (Lipinski definition) is 4. The summed E-state index contributed by atoms with van der Waals surface area (Å²) in [7, 11) is 3.68. The van der Waals surface area contributed by atoms with Crippen molar-refractivity contribution in [1.82, 2.24) is 19.7 Å². The fourth-order valence-electron chi connectivity index (χ4n) is 5.24. The van der Waals surface area contributed by atoms with Gasteiger partial charge in [0, 0.05) is 55.6 Å². The van der Waals surface area contributed by atoms with Gasteiger partial charge in [-0.15, -0.1) is 0 Å². The summed E-state index contributed by atoms with van der Waals surface area (Å²) < 4.78 is 8.50. The molecule has 1 aliphatic rings. The minimum absolute atomic E-state index is 0.0228. The Balaban J connectivity index is 1.84. The number of nitrogens with one attached hydrogen (secondary N) is 1. The second-order valence-electron chi connectivity index (χ2n) is 10.8. The Labute approximate surface area is 225 Å². The first-order valence-electron chi connectivity index (χ1n) is 13.3. The van der Waals surface area contributed by atoms with Crippen LogP contribution in [0.3, 0.4) is 0 Å². The van der Waals surface area contributed by atoms with E-state index in [1.165, 1.54) is 0 Å². The average molecular weight is 521 g/mol. The summed E-state index contributed by atoms with van der Waals surface area (Å²) in [5, 5.41) is 14.0. The maximum atomic E-state index is 14.3. The lowest BCUT2D eigenvalue weighted by Gasteiger charge is -2.35. The van der Waals surface area contributed by atoms with E-state index in [1.807, 2.05) is 87.8 Å². The van der Waals surface area contributed by atoms with E-state index in [0.29, 0.717) is 25.4 Å². The molecule has 0 fully saturated rings. The fourth-order valence-corrected chi connectivity index (χ4v) is 5.24. The highest BCUT2D eigenvalue weighted by Crippen LogP contribution is 2.38. The summed E-state index contributed by atoms with van der Waals surface area (Å²) in [5.74, 6) is -0.237. The lowest BCUT2D eigenvalue weighted by molar-refractivity contribution is -0.0185. The van der Waals surface area contributed by atoms with Crippen molar-refractivity contribution in [1.29, 1.82) is 0 Å². The van der Waals surface area contributed by atoms with E-state index in [0.717, 1.165) is 27.6 Å². The first kappa shape index (κ1) is 27.7. The Hall–Kier alpha value is -3.36. The summed E-state index contributed by atoms with van der Waals surface area (Å²) in [6, 6.07) is 15.5. The van der Waals surface area contributed by atoms with Crippen LogP contribution in [0.15, 0.2) is 48.5 Å². The van der Waals surface area contributed by atoms with Gasteiger partial charge >= 0.3 is 6.03 Å². The molecule has 1 aromatic heterocycles. The first-order valence-corrected chi connectivity index (χ1v) is 13.3. The second-order valence-corrected chi connectivity index (χ2v) is 10.8. The molecule has 3 atom stereocenters. The van der Waals surface area contributed by atoms with Crippen molar-refractivity contribution in [3.8, 4) is 11.1 Å². The molecule has 0 saturated carbocycles. The molecule has 3 aromatic rings. The first-order chi connectivity index (χ1) is 18.1. The van der Waals surface area contributed by atoms with Crippen molar-refractivity contribution < 1.29 is 19.4 Å². The Kier molecular flexibility index (Phi) is 8.43. The zero-order chi connectivity index (χ0) is 27.6. The van der Waals surface area contributed by atoms with Crippen molar-refractivity contribution in [3.63, 3.8) is 0 Å². The quantitative estimate of drug-likeness (QED) is 0.527. The largest absolute Gasteiger partial charge is 0.394 e. The van der Waals surface area contributed by atoms with Gasteiger partial charge in [0.15, 0.2) is 0 Å². The predicted octanol–water partition coefficient (Wildman–Crippen LogP) is 4.25. The smallest absolute Gasteiger partial charge is 0.317 e. The van der Waals surface area contributed by atoms with Gasteiger partial charge in [-0.05, 0) is 38.0 Å². The van der Waals surface area contributed by atoms with Gasteiger partial charge in [-0.25, -0.2) is 4.79 Å². The van der Waals surface area contributed by atoms with Gasteiger partial charge in [0.2, 0.25) is 0 Å². The number of fused-ring (bicyclic) bond motifs is 5. The number of likely N-dealkylation sites (N-methyl/N-ethyl adjacent to an activating group) is 1. The van der Waals surface area contributed by atoms with Gasteiger partial charge in [-0.2, -0.15) is 0 Å². The monoisotopic (exact) mass is 520 g/mol. The number of hydrogen-bond donors (Lipinski definition) is 2. The van der Waals surface area contributed by atoms with Crippen LogP contribution in [0.1, 0.15) is 43.7 Å². The SMILES string of the molecule is CC(C)NC(=O)N(C)C[C@@H]1OCc2ccccc2-c2c(n(C)c3ccccc23)C(=O)N([C@@H](C)CO)C[C@H]1C. The molecular formula is C30H40N4O4. The third-order valence-corrected chi connectivity index (χ3v) is 7.44. The van der Waals surface area contributed by atoms with E-state index >= 15 is 0 Å². The van der Waals surface area contributed by atoms with Crippen LogP contribution in [0.25, 0.3) is 22.0 Å². The second kappa shape index (κ2) is 11.6. The molecule has 2 aromatic carbocycles. The summed E-state index contributed by atoms with van der Waals surface area (Å²) in [4.78, 5) is 30.4. The van der Waals surface area contributed by atoms with Crippen molar-refractivity contribution >= 4 is 22.8 Å². The van der Waals surface area contributed by atoms with Crippen LogP contribution in [0.2, 0.25) is 0 Å². The van der Waals surface area contributed by atoms with Crippen LogP contribution in [-0.4, -0.2) is 76.3 Å². The van der Waals surface area contributed by atoms with Gasteiger partial charge in [-0.1, -0.05) is 49.4 Å². The van der Waals surface area contributed by atoms with Crippen molar-refractivity contribution in [2.75, 3.05) is 26.7 Å². The molecule has 3 amide bonds. The summed E-state index contributed by atoms with van der Waals surface area (Å²) >= 11 is 0. The number of urea groups is 1. The molecule has 0 unspecified atom stereocenters. The molecule has 38 heavy (non-hydrogen) atoms. The van der Waals surface area contributed by atoms with Crippen LogP contribution in [0.4, 0.5) is 4.79 Å². The van der Waals surface area contributed by atoms with Gasteiger partial charge in [-0.3, -0.25) is 4.79 Å². The van der Waals surface area contributed by atoms with Gasteiger partial charge in [0.1, 0.15) is 5.69 Å². The number of aliphatic hydroxyl groups is 1. The molecule has 204 valence electrons. The van der Waals surface area contributed by atoms with Crippen LogP contribution < -0.4 is 5.32 Å². The lowest BCUT2D eigenvalue weighted by Crippen LogP contribution is -2.49. The highest BCUT2D eigenvalue weighted by molar-refractivity contribution is 6.10. The van der Waals surface area contributed by atoms with Crippen molar-refractivity contribution in [2.45, 2.75) is 52.5 Å². The average Bonchev–Trinajstić information content (AvgIpc) is 3.19. The van der Waals surface area contributed by atoms with E-state index in [4.69, 9.17) is 4.74 Å². The molecule has 0 radical (unpaired) electrons. The normalized spacial score (nSPS) is 19.1. The number of carbonyl (C=O) groups excluding carboxylic acids is 2. The number of carbonyl (C=O) groups is 2. The molecule has 8 heteroatoms. The Morgan fingerprint density at radius 2 is 1.84 bits per heavy atom. The van der Waals surface area contributed by atoms with Crippen molar-refractivity contribution in [2.24, 2.45) is 13.0 Å². The number of aryl methyl sites for hydroxylation is 1. The van der Waals surface area contributed by atoms with Crippen LogP contribution in [0, 0.1) is 5.92 Å². The number of rotatable bonds is 5. The lowest BCUT2D eigenvalue weighted by atomic mass is 9.96. The number of aromatic nitrogens is 1. The molecule has 0 bridgehead atoms. The highest BCUT2D eigenvalue weighted by atomic mass is 16.5. The van der Waals surface area contributed by atoms with E-state index in [2.05, 4.69) is 5.32 Å². The van der Waals surface area contributed by atoms with Crippen molar-refractivity contribution in [3.05, 3.63) is 59.8 Å². The highest BCUT2D eigenvalue weighted by Gasteiger charge is 2.34. The zero-order valence-corrected chi connectivity index (χ0v) is 23.3.